The van der Waals surface area contributed by atoms with Crippen LogP contribution in [0.2, 0.25) is 0 Å². The van der Waals surface area contributed by atoms with Crippen molar-refractivity contribution in [2.45, 2.75) is 6.42 Å². The van der Waals surface area contributed by atoms with Crippen molar-refractivity contribution in [2.24, 2.45) is 12.8 Å². The summed E-state index contributed by atoms with van der Waals surface area (Å²) in [7, 11) is 1.75. The van der Waals surface area contributed by atoms with Crippen LogP contribution in [0, 0.1) is 5.82 Å². The first-order valence-electron chi connectivity index (χ1n) is 10.1. The van der Waals surface area contributed by atoms with Crippen LogP contribution in [0.5, 0.6) is 17.2 Å². The van der Waals surface area contributed by atoms with Crippen LogP contribution >= 0.6 is 0 Å². The van der Waals surface area contributed by atoms with E-state index < -0.39 is 11.7 Å². The minimum atomic E-state index is -0.690. The molecule has 3 aromatic rings. The number of fused-ring (bicyclic) bond motifs is 1. The van der Waals surface area contributed by atoms with Gasteiger partial charge in [0.15, 0.2) is 11.6 Å². The van der Waals surface area contributed by atoms with E-state index in [1.54, 1.807) is 41.0 Å². The summed E-state index contributed by atoms with van der Waals surface area (Å²) >= 11 is 0. The molecule has 2 N–H and O–H groups in total. The number of aryl methyl sites for hydroxylation is 1. The summed E-state index contributed by atoms with van der Waals surface area (Å²) in [5.74, 6) is -0.975. The zero-order valence-electron chi connectivity index (χ0n) is 17.5. The molecular weight excluding hydrogens is 419 g/mol. The average Bonchev–Trinajstić information content (AvgIpc) is 3.13. The molecule has 10 heteroatoms. The Labute approximate surface area is 183 Å². The van der Waals surface area contributed by atoms with Gasteiger partial charge < -0.3 is 24.8 Å². The standard InChI is InChI=1S/C22H23FN4O5/c1-26-18-11-20(16(22(24)29)9-14(18)12-25-26)32-19-4-3-15(10-17(19)23)31-7-2-5-27-6-8-30-13-21(27)28/h3-4,9-12H,2,5-8,13H2,1H3,(H2,24,29). The fraction of sp³-hybridized carbons (Fsp3) is 0.318. The Morgan fingerprint density at radius 1 is 1.28 bits per heavy atom. The molecule has 0 aliphatic carbocycles. The van der Waals surface area contributed by atoms with Crippen molar-refractivity contribution < 1.29 is 28.2 Å². The van der Waals surface area contributed by atoms with Crippen molar-refractivity contribution in [1.29, 1.82) is 0 Å². The van der Waals surface area contributed by atoms with Gasteiger partial charge >= 0.3 is 0 Å². The number of benzene rings is 2. The predicted molar refractivity (Wildman–Crippen MR) is 113 cm³/mol. The van der Waals surface area contributed by atoms with Gasteiger partial charge in [0.1, 0.15) is 18.1 Å². The number of nitrogens with two attached hydrogens (primary N) is 1. The number of ether oxygens (including phenoxy) is 3. The average molecular weight is 442 g/mol. The van der Waals surface area contributed by atoms with Crippen LogP contribution in [0.3, 0.4) is 0 Å². The second-order valence-corrected chi connectivity index (χ2v) is 7.37. The van der Waals surface area contributed by atoms with Crippen LogP contribution in [-0.2, 0) is 16.6 Å². The number of amides is 2. The first kappa shape index (κ1) is 21.6. The van der Waals surface area contributed by atoms with Gasteiger partial charge in [0, 0.05) is 37.7 Å². The Hall–Kier alpha value is -3.66. The smallest absolute Gasteiger partial charge is 0.252 e. The Kier molecular flexibility index (Phi) is 6.22. The summed E-state index contributed by atoms with van der Waals surface area (Å²) in [6, 6.07) is 7.37. The lowest BCUT2D eigenvalue weighted by molar-refractivity contribution is -0.142. The lowest BCUT2D eigenvalue weighted by Gasteiger charge is -2.26. The minimum Gasteiger partial charge on any atom is -0.493 e. The van der Waals surface area contributed by atoms with E-state index in [-0.39, 0.29) is 29.6 Å². The van der Waals surface area contributed by atoms with Crippen molar-refractivity contribution in [3.63, 3.8) is 0 Å². The molecule has 0 saturated carbocycles. The number of rotatable bonds is 8. The third-order valence-corrected chi connectivity index (χ3v) is 5.16. The monoisotopic (exact) mass is 442 g/mol. The van der Waals surface area contributed by atoms with Crippen LogP contribution in [0.1, 0.15) is 16.8 Å². The highest BCUT2D eigenvalue weighted by atomic mass is 19.1. The van der Waals surface area contributed by atoms with Gasteiger partial charge in [-0.25, -0.2) is 4.39 Å². The SMILES string of the molecule is Cn1ncc2cc(C(N)=O)c(Oc3ccc(OCCCN4CCOCC4=O)cc3F)cc21. The van der Waals surface area contributed by atoms with Gasteiger partial charge in [-0.1, -0.05) is 0 Å². The second kappa shape index (κ2) is 9.23. The molecule has 9 nitrogen and oxygen atoms in total. The first-order valence-corrected chi connectivity index (χ1v) is 10.1. The van der Waals surface area contributed by atoms with Gasteiger partial charge in [0.05, 0.1) is 30.5 Å². The summed E-state index contributed by atoms with van der Waals surface area (Å²) in [5.41, 5.74) is 6.31. The maximum atomic E-state index is 14.6. The zero-order valence-corrected chi connectivity index (χ0v) is 17.5. The van der Waals surface area contributed by atoms with Crippen LogP contribution in [0.15, 0.2) is 36.5 Å². The summed E-state index contributed by atoms with van der Waals surface area (Å²) in [4.78, 5) is 25.3. The maximum absolute atomic E-state index is 14.6. The molecule has 0 radical (unpaired) electrons. The van der Waals surface area contributed by atoms with Gasteiger partial charge in [-0.3, -0.25) is 14.3 Å². The van der Waals surface area contributed by atoms with Crippen LogP contribution in [-0.4, -0.2) is 59.4 Å². The highest BCUT2D eigenvalue weighted by molar-refractivity contribution is 6.00. The molecule has 1 aromatic heterocycles. The van der Waals surface area contributed by atoms with Crippen LogP contribution < -0.4 is 15.2 Å². The van der Waals surface area contributed by atoms with Crippen LogP contribution in [0.25, 0.3) is 10.9 Å². The van der Waals surface area contributed by atoms with Crippen molar-refractivity contribution in [1.82, 2.24) is 14.7 Å². The number of nitrogens with zero attached hydrogens (tertiary/aromatic N) is 3. The number of morpholine rings is 1. The molecule has 168 valence electrons. The number of halogens is 1. The Morgan fingerprint density at radius 2 is 2.12 bits per heavy atom. The Balaban J connectivity index is 1.41. The summed E-state index contributed by atoms with van der Waals surface area (Å²) in [6.07, 6.45) is 2.21. The van der Waals surface area contributed by atoms with E-state index in [4.69, 9.17) is 19.9 Å². The van der Waals surface area contributed by atoms with E-state index >= 15 is 0 Å². The van der Waals surface area contributed by atoms with Crippen LogP contribution in [0.4, 0.5) is 4.39 Å². The molecule has 1 aliphatic heterocycles. The van der Waals surface area contributed by atoms with Gasteiger partial charge in [-0.05, 0) is 24.6 Å². The van der Waals surface area contributed by atoms with Crippen molar-refractivity contribution in [3.8, 4) is 17.2 Å². The molecule has 2 amide bonds. The van der Waals surface area contributed by atoms with E-state index in [9.17, 15) is 14.0 Å². The fourth-order valence-corrected chi connectivity index (χ4v) is 3.46. The lowest BCUT2D eigenvalue weighted by atomic mass is 10.1. The second-order valence-electron chi connectivity index (χ2n) is 7.37. The molecule has 1 fully saturated rings. The van der Waals surface area contributed by atoms with E-state index in [1.807, 2.05) is 0 Å². The minimum absolute atomic E-state index is 0.0385. The molecule has 1 saturated heterocycles. The highest BCUT2D eigenvalue weighted by Gasteiger charge is 2.18. The lowest BCUT2D eigenvalue weighted by Crippen LogP contribution is -2.42. The molecule has 0 unspecified atom stereocenters. The summed E-state index contributed by atoms with van der Waals surface area (Å²) in [6.45, 7) is 2.09. The maximum Gasteiger partial charge on any atom is 0.252 e. The number of primary amides is 1. The normalized spacial score (nSPS) is 14.1. The van der Waals surface area contributed by atoms with Gasteiger partial charge in [0.25, 0.3) is 5.91 Å². The summed E-state index contributed by atoms with van der Waals surface area (Å²) < 4.78 is 32.6. The summed E-state index contributed by atoms with van der Waals surface area (Å²) in [5, 5.41) is 4.85. The molecule has 1 aliphatic rings. The molecular formula is C22H23FN4O5. The highest BCUT2D eigenvalue weighted by Crippen LogP contribution is 2.32. The number of hydrogen-bond donors (Lipinski definition) is 1. The quantitative estimate of drug-likeness (QED) is 0.536. The topological polar surface area (TPSA) is 109 Å². The molecule has 0 bridgehead atoms. The Bertz CT molecular complexity index is 1160. The first-order chi connectivity index (χ1) is 15.4. The van der Waals surface area contributed by atoms with Crippen molar-refractivity contribution >= 4 is 22.7 Å². The fourth-order valence-electron chi connectivity index (χ4n) is 3.46. The van der Waals surface area contributed by atoms with Crippen molar-refractivity contribution in [3.05, 3.63) is 47.9 Å². The number of aromatic nitrogens is 2. The van der Waals surface area contributed by atoms with E-state index in [1.165, 1.54) is 12.1 Å². The predicted octanol–water partition coefficient (Wildman–Crippen LogP) is 2.23. The zero-order chi connectivity index (χ0) is 22.7. The number of carbonyl (C=O) groups excluding carboxylic acids is 2. The third kappa shape index (κ3) is 4.65. The van der Waals surface area contributed by atoms with Crippen molar-refractivity contribution in [2.75, 3.05) is 32.9 Å². The number of hydrogen-bond acceptors (Lipinski definition) is 6. The van der Waals surface area contributed by atoms with E-state index in [0.29, 0.717) is 44.0 Å². The molecule has 2 heterocycles. The van der Waals surface area contributed by atoms with Gasteiger partial charge in [-0.15, -0.1) is 0 Å². The molecule has 32 heavy (non-hydrogen) atoms. The Morgan fingerprint density at radius 3 is 2.88 bits per heavy atom. The van der Waals surface area contributed by atoms with E-state index in [0.717, 1.165) is 5.39 Å². The van der Waals surface area contributed by atoms with E-state index in [2.05, 4.69) is 5.10 Å². The largest absolute Gasteiger partial charge is 0.493 e. The molecule has 4 rings (SSSR count). The molecule has 2 aromatic carbocycles. The third-order valence-electron chi connectivity index (χ3n) is 5.16. The van der Waals surface area contributed by atoms with Gasteiger partial charge in [-0.2, -0.15) is 5.10 Å². The molecule has 0 spiro atoms. The van der Waals surface area contributed by atoms with Gasteiger partial charge in [0.2, 0.25) is 5.91 Å². The molecule has 0 atom stereocenters. The number of carbonyl (C=O) groups is 2.